The number of nitrogens with zero attached hydrogens (tertiary/aromatic N) is 2. The Bertz CT molecular complexity index is 676. The van der Waals surface area contributed by atoms with E-state index >= 15 is 0 Å². The van der Waals surface area contributed by atoms with Gasteiger partial charge in [0.1, 0.15) is 9.84 Å². The summed E-state index contributed by atoms with van der Waals surface area (Å²) in [5, 5.41) is 6.57. The van der Waals surface area contributed by atoms with E-state index in [0.29, 0.717) is 12.3 Å². The minimum absolute atomic E-state index is 0.0620. The van der Waals surface area contributed by atoms with Gasteiger partial charge in [0, 0.05) is 44.2 Å². The number of sulfone groups is 1. The van der Waals surface area contributed by atoms with Crippen molar-refractivity contribution in [3.05, 3.63) is 30.3 Å². The van der Waals surface area contributed by atoms with Gasteiger partial charge in [-0.1, -0.05) is 18.2 Å². The lowest BCUT2D eigenvalue weighted by Gasteiger charge is -2.19. The minimum Gasteiger partial charge on any atom is -0.371 e. The van der Waals surface area contributed by atoms with Gasteiger partial charge in [-0.25, -0.2) is 8.42 Å². The van der Waals surface area contributed by atoms with Gasteiger partial charge in [0.05, 0.1) is 5.75 Å². The maximum Gasteiger partial charge on any atom is 0.191 e. The Morgan fingerprint density at radius 1 is 1.35 bits per heavy atom. The van der Waals surface area contributed by atoms with Gasteiger partial charge < -0.3 is 15.5 Å². The van der Waals surface area contributed by atoms with E-state index in [1.54, 1.807) is 0 Å². The molecule has 2 unspecified atom stereocenters. The van der Waals surface area contributed by atoms with Crippen LogP contribution in [0.3, 0.4) is 0 Å². The third kappa shape index (κ3) is 7.23. The van der Waals surface area contributed by atoms with Crippen LogP contribution < -0.4 is 15.5 Å². The molecule has 1 aliphatic heterocycles. The van der Waals surface area contributed by atoms with Crippen LogP contribution in [0.4, 0.5) is 5.69 Å². The number of hydrogen-bond donors (Lipinski definition) is 2. The molecule has 1 heterocycles. The molecule has 0 spiro atoms. The van der Waals surface area contributed by atoms with Crippen LogP contribution in [0.5, 0.6) is 0 Å². The van der Waals surface area contributed by atoms with Crippen molar-refractivity contribution in [3.8, 4) is 0 Å². The molecule has 26 heavy (non-hydrogen) atoms. The van der Waals surface area contributed by atoms with E-state index in [9.17, 15) is 8.42 Å². The third-order valence-corrected chi connectivity index (χ3v) is 5.54. The van der Waals surface area contributed by atoms with Gasteiger partial charge in [0.2, 0.25) is 0 Å². The largest absolute Gasteiger partial charge is 0.371 e. The van der Waals surface area contributed by atoms with Gasteiger partial charge in [-0.3, -0.25) is 4.99 Å². The summed E-state index contributed by atoms with van der Waals surface area (Å²) in [5.74, 6) is 1.50. The SMILES string of the molecule is CCNC(=NCC1CCN(c2ccccc2)C1)NC(C)CCS(C)(=O)=O. The van der Waals surface area contributed by atoms with Crippen molar-refractivity contribution < 1.29 is 8.42 Å². The summed E-state index contributed by atoms with van der Waals surface area (Å²) in [5.41, 5.74) is 1.28. The highest BCUT2D eigenvalue weighted by Crippen LogP contribution is 2.23. The van der Waals surface area contributed by atoms with Crippen molar-refractivity contribution in [1.29, 1.82) is 0 Å². The highest BCUT2D eigenvalue weighted by Gasteiger charge is 2.22. The van der Waals surface area contributed by atoms with Gasteiger partial charge in [0.25, 0.3) is 0 Å². The Labute approximate surface area is 158 Å². The first-order chi connectivity index (χ1) is 12.4. The number of anilines is 1. The molecule has 2 atom stereocenters. The summed E-state index contributed by atoms with van der Waals surface area (Å²) < 4.78 is 22.6. The Morgan fingerprint density at radius 3 is 2.73 bits per heavy atom. The second-order valence-corrected chi connectivity index (χ2v) is 9.38. The van der Waals surface area contributed by atoms with Crippen molar-refractivity contribution in [3.63, 3.8) is 0 Å². The van der Waals surface area contributed by atoms with Crippen molar-refractivity contribution in [2.75, 3.05) is 43.1 Å². The number of hydrogen-bond acceptors (Lipinski definition) is 4. The summed E-state index contributed by atoms with van der Waals surface area (Å²) >= 11 is 0. The van der Waals surface area contributed by atoms with Crippen LogP contribution in [0.15, 0.2) is 35.3 Å². The molecule has 0 saturated carbocycles. The smallest absolute Gasteiger partial charge is 0.191 e. The number of nitrogens with one attached hydrogen (secondary N) is 2. The topological polar surface area (TPSA) is 73.8 Å². The molecule has 1 aromatic rings. The van der Waals surface area contributed by atoms with E-state index in [-0.39, 0.29) is 11.8 Å². The van der Waals surface area contributed by atoms with Crippen LogP contribution in [0, 0.1) is 5.92 Å². The highest BCUT2D eigenvalue weighted by molar-refractivity contribution is 7.90. The maximum absolute atomic E-state index is 11.3. The third-order valence-electron chi connectivity index (χ3n) is 4.56. The first kappa shape index (κ1) is 20.6. The van der Waals surface area contributed by atoms with Crippen molar-refractivity contribution in [1.82, 2.24) is 10.6 Å². The molecule has 0 amide bonds. The summed E-state index contributed by atoms with van der Waals surface area (Å²) in [7, 11) is -2.93. The molecule has 146 valence electrons. The number of benzene rings is 1. The zero-order chi connectivity index (χ0) is 19.0. The van der Waals surface area contributed by atoms with Crippen LogP contribution >= 0.6 is 0 Å². The molecule has 1 saturated heterocycles. The zero-order valence-electron chi connectivity index (χ0n) is 16.1. The van der Waals surface area contributed by atoms with Gasteiger partial charge in [-0.2, -0.15) is 0 Å². The molecular formula is C19H32N4O2S. The van der Waals surface area contributed by atoms with Crippen LogP contribution in [-0.2, 0) is 9.84 Å². The molecule has 1 aliphatic rings. The molecule has 1 aromatic carbocycles. The average Bonchev–Trinajstić information content (AvgIpc) is 3.07. The lowest BCUT2D eigenvalue weighted by atomic mass is 10.1. The molecule has 2 rings (SSSR count). The Kier molecular flexibility index (Phi) is 7.75. The van der Waals surface area contributed by atoms with Crippen LogP contribution in [0.25, 0.3) is 0 Å². The lowest BCUT2D eigenvalue weighted by Crippen LogP contribution is -2.43. The van der Waals surface area contributed by atoms with Crippen LogP contribution in [0.1, 0.15) is 26.7 Å². The molecule has 0 aromatic heterocycles. The van der Waals surface area contributed by atoms with Crippen molar-refractivity contribution >= 4 is 21.5 Å². The van der Waals surface area contributed by atoms with E-state index in [4.69, 9.17) is 4.99 Å². The second-order valence-electron chi connectivity index (χ2n) is 7.12. The molecule has 0 radical (unpaired) electrons. The predicted molar refractivity (Wildman–Crippen MR) is 110 cm³/mol. The van der Waals surface area contributed by atoms with E-state index in [1.165, 1.54) is 11.9 Å². The highest BCUT2D eigenvalue weighted by atomic mass is 32.2. The van der Waals surface area contributed by atoms with Gasteiger partial charge in [0.15, 0.2) is 5.96 Å². The van der Waals surface area contributed by atoms with E-state index in [2.05, 4.69) is 39.8 Å². The van der Waals surface area contributed by atoms with Gasteiger partial charge in [-0.05, 0) is 44.7 Å². The fraction of sp³-hybridized carbons (Fsp3) is 0.632. The van der Waals surface area contributed by atoms with Crippen molar-refractivity contribution in [2.45, 2.75) is 32.7 Å². The number of guanidine groups is 1. The van der Waals surface area contributed by atoms with Gasteiger partial charge in [-0.15, -0.1) is 0 Å². The summed E-state index contributed by atoms with van der Waals surface area (Å²) in [6.45, 7) is 7.67. The van der Waals surface area contributed by atoms with E-state index in [0.717, 1.165) is 38.6 Å². The maximum atomic E-state index is 11.3. The summed E-state index contributed by atoms with van der Waals surface area (Å²) in [6, 6.07) is 10.6. The molecule has 6 nitrogen and oxygen atoms in total. The predicted octanol–water partition coefficient (Wildman–Crippen LogP) is 1.89. The van der Waals surface area contributed by atoms with Crippen LogP contribution in [0.2, 0.25) is 0 Å². The zero-order valence-corrected chi connectivity index (χ0v) is 16.9. The van der Waals surface area contributed by atoms with Crippen molar-refractivity contribution in [2.24, 2.45) is 10.9 Å². The van der Waals surface area contributed by atoms with Crippen LogP contribution in [-0.4, -0.2) is 58.6 Å². The first-order valence-electron chi connectivity index (χ1n) is 9.40. The fourth-order valence-corrected chi connectivity index (χ4v) is 3.87. The quantitative estimate of drug-likeness (QED) is 0.532. The molecule has 7 heteroatoms. The first-order valence-corrected chi connectivity index (χ1v) is 11.5. The second kappa shape index (κ2) is 9.80. The van der Waals surface area contributed by atoms with E-state index in [1.807, 2.05) is 19.9 Å². The number of rotatable bonds is 8. The summed E-state index contributed by atoms with van der Waals surface area (Å²) in [6.07, 6.45) is 2.99. The molecule has 0 bridgehead atoms. The molecular weight excluding hydrogens is 348 g/mol. The molecule has 2 N–H and O–H groups in total. The molecule has 0 aliphatic carbocycles. The standard InChI is InChI=1S/C19H32N4O2S/c1-4-20-19(22-16(2)11-13-26(3,24)25)21-14-17-10-12-23(15-17)18-8-6-5-7-9-18/h5-9,16-17H,4,10-15H2,1-3H3,(H2,20,21,22). The number of para-hydroxylation sites is 1. The lowest BCUT2D eigenvalue weighted by molar-refractivity contribution is 0.574. The molecule has 1 fully saturated rings. The van der Waals surface area contributed by atoms with E-state index < -0.39 is 9.84 Å². The normalized spacial score (nSPS) is 19.4. The Hall–Kier alpha value is -1.76. The average molecular weight is 381 g/mol. The van der Waals surface area contributed by atoms with Gasteiger partial charge >= 0.3 is 0 Å². The monoisotopic (exact) mass is 380 g/mol. The minimum atomic E-state index is -2.93. The number of aliphatic imine (C=N–C) groups is 1. The Balaban J connectivity index is 1.84. The Morgan fingerprint density at radius 2 is 2.08 bits per heavy atom. The summed E-state index contributed by atoms with van der Waals surface area (Å²) in [4.78, 5) is 7.14. The fourth-order valence-electron chi connectivity index (χ4n) is 3.09.